The van der Waals surface area contributed by atoms with Crippen LogP contribution in [0.4, 0.5) is 22.0 Å². The molecule has 2 aromatic rings. The molecule has 0 aliphatic carbocycles. The van der Waals surface area contributed by atoms with E-state index in [2.05, 4.69) is 4.74 Å². The van der Waals surface area contributed by atoms with Crippen molar-refractivity contribution in [1.29, 1.82) is 0 Å². The number of alkyl halides is 5. The minimum absolute atomic E-state index is 0.00521. The van der Waals surface area contributed by atoms with Gasteiger partial charge in [0.1, 0.15) is 5.75 Å². The summed E-state index contributed by atoms with van der Waals surface area (Å²) in [5, 5.41) is -0.379. The van der Waals surface area contributed by atoms with Gasteiger partial charge >= 0.3 is 12.8 Å². The molecule has 0 heterocycles. The lowest BCUT2D eigenvalue weighted by atomic mass is 9.98. The molecule has 0 aliphatic rings. The van der Waals surface area contributed by atoms with Gasteiger partial charge in [-0.1, -0.05) is 40.9 Å². The van der Waals surface area contributed by atoms with Gasteiger partial charge in [-0.25, -0.2) is 0 Å². The first kappa shape index (κ1) is 18.1. The predicted molar refractivity (Wildman–Crippen MR) is 78.5 cm³/mol. The smallest absolute Gasteiger partial charge is 0.417 e. The minimum atomic E-state index is -4.82. The maximum absolute atomic E-state index is 13.2. The highest BCUT2D eigenvalue weighted by atomic mass is 35.5. The summed E-state index contributed by atoms with van der Waals surface area (Å²) in [6.45, 7) is -3.31. The van der Waals surface area contributed by atoms with Crippen LogP contribution < -0.4 is 4.74 Å². The molecule has 2 aromatic carbocycles. The van der Waals surface area contributed by atoms with Gasteiger partial charge in [-0.2, -0.15) is 22.0 Å². The van der Waals surface area contributed by atoms with Crippen molar-refractivity contribution in [1.82, 2.24) is 0 Å². The molecule has 1 nitrogen and oxygen atoms in total. The number of hydrogen-bond donors (Lipinski definition) is 0. The zero-order valence-electron chi connectivity index (χ0n) is 10.9. The summed E-state index contributed by atoms with van der Waals surface area (Å²) in [6, 6.07) is 4.96. The van der Waals surface area contributed by atoms with Gasteiger partial charge < -0.3 is 4.74 Å². The second-order valence-corrected chi connectivity index (χ2v) is 5.53. The third kappa shape index (κ3) is 4.00. The van der Waals surface area contributed by atoms with Crippen LogP contribution in [0.3, 0.4) is 0 Å². The van der Waals surface area contributed by atoms with Crippen LogP contribution in [-0.2, 0) is 6.18 Å². The van der Waals surface area contributed by atoms with E-state index in [-0.39, 0.29) is 20.6 Å². The fourth-order valence-electron chi connectivity index (χ4n) is 1.98. The van der Waals surface area contributed by atoms with E-state index in [4.69, 9.17) is 34.8 Å². The number of hydrogen-bond acceptors (Lipinski definition) is 1. The zero-order valence-corrected chi connectivity index (χ0v) is 13.2. The Balaban J connectivity index is 2.83. The van der Waals surface area contributed by atoms with Gasteiger partial charge in [0.2, 0.25) is 0 Å². The first-order chi connectivity index (χ1) is 10.6. The molecule has 0 saturated carbocycles. The molecule has 0 unspecified atom stereocenters. The number of benzene rings is 2. The predicted octanol–water partition coefficient (Wildman–Crippen LogP) is 6.93. The van der Waals surface area contributed by atoms with Crippen molar-refractivity contribution >= 4 is 34.8 Å². The molecule has 0 aliphatic heterocycles. The molecular weight excluding hydrogens is 386 g/mol. The standard InChI is InChI=1S/C14H6Cl3F5O/c15-6-4-7(12(17)9(16)5-6)11-8(14(20,21)22)2-1-3-10(11)23-13(18)19/h1-5,13H. The van der Waals surface area contributed by atoms with Gasteiger partial charge in [0.15, 0.2) is 0 Å². The zero-order chi connectivity index (χ0) is 17.4. The first-order valence-corrected chi connectivity index (χ1v) is 7.04. The SMILES string of the molecule is FC(F)Oc1cccc(C(F)(F)F)c1-c1cc(Cl)cc(Cl)c1Cl. The minimum Gasteiger partial charge on any atom is -0.434 e. The highest BCUT2D eigenvalue weighted by Gasteiger charge is 2.36. The summed E-state index contributed by atoms with van der Waals surface area (Å²) < 4.78 is 68.9. The van der Waals surface area contributed by atoms with Crippen molar-refractivity contribution in [3.05, 3.63) is 51.0 Å². The maximum Gasteiger partial charge on any atom is 0.417 e. The highest BCUT2D eigenvalue weighted by Crippen LogP contribution is 2.47. The molecule has 0 spiro atoms. The molecule has 124 valence electrons. The van der Waals surface area contributed by atoms with Crippen molar-refractivity contribution in [2.75, 3.05) is 0 Å². The van der Waals surface area contributed by atoms with E-state index in [1.807, 2.05) is 0 Å². The van der Waals surface area contributed by atoms with E-state index in [0.29, 0.717) is 0 Å². The summed E-state index contributed by atoms with van der Waals surface area (Å²) in [5.74, 6) is -0.685. The fourth-order valence-corrected chi connectivity index (χ4v) is 2.67. The summed E-state index contributed by atoms with van der Waals surface area (Å²) in [6.07, 6.45) is -4.82. The fraction of sp³-hybridized carbons (Fsp3) is 0.143. The van der Waals surface area contributed by atoms with Crippen LogP contribution in [0.25, 0.3) is 11.1 Å². The first-order valence-electron chi connectivity index (χ1n) is 5.91. The molecule has 0 amide bonds. The van der Waals surface area contributed by atoms with E-state index in [1.54, 1.807) is 0 Å². The van der Waals surface area contributed by atoms with Crippen LogP contribution in [0.1, 0.15) is 5.56 Å². The van der Waals surface area contributed by atoms with Crippen LogP contribution in [-0.4, -0.2) is 6.61 Å². The number of rotatable bonds is 3. The quantitative estimate of drug-likeness (QED) is 0.407. The molecule has 0 N–H and O–H groups in total. The molecular formula is C14H6Cl3F5O. The van der Waals surface area contributed by atoms with Crippen LogP contribution >= 0.6 is 34.8 Å². The summed E-state index contributed by atoms with van der Waals surface area (Å²) >= 11 is 17.5. The molecule has 0 fully saturated rings. The second-order valence-electron chi connectivity index (χ2n) is 4.30. The van der Waals surface area contributed by atoms with Crippen LogP contribution in [0.2, 0.25) is 15.1 Å². The van der Waals surface area contributed by atoms with Gasteiger partial charge in [-0.05, 0) is 24.3 Å². The molecule has 0 aromatic heterocycles. The number of halogens is 8. The molecule has 9 heteroatoms. The van der Waals surface area contributed by atoms with Crippen LogP contribution in [0.15, 0.2) is 30.3 Å². The molecule has 0 radical (unpaired) electrons. The van der Waals surface area contributed by atoms with Crippen LogP contribution in [0, 0.1) is 0 Å². The summed E-state index contributed by atoms with van der Waals surface area (Å²) in [4.78, 5) is 0. The number of ether oxygens (including phenoxy) is 1. The van der Waals surface area contributed by atoms with Gasteiger partial charge in [0.25, 0.3) is 0 Å². The van der Waals surface area contributed by atoms with Crippen molar-refractivity contribution < 1.29 is 26.7 Å². The third-order valence-corrected chi connectivity index (χ3v) is 3.83. The maximum atomic E-state index is 13.2. The van der Waals surface area contributed by atoms with Crippen molar-refractivity contribution in [3.63, 3.8) is 0 Å². The average molecular weight is 392 g/mol. The Morgan fingerprint density at radius 3 is 2.22 bits per heavy atom. The van der Waals surface area contributed by atoms with E-state index in [0.717, 1.165) is 24.3 Å². The molecule has 0 bridgehead atoms. The lowest BCUT2D eigenvalue weighted by Gasteiger charge is -2.18. The van der Waals surface area contributed by atoms with Gasteiger partial charge in [-0.15, -0.1) is 0 Å². The summed E-state index contributed by atoms with van der Waals surface area (Å²) in [5.41, 5.74) is -2.11. The molecule has 23 heavy (non-hydrogen) atoms. The molecule has 0 atom stereocenters. The Labute approximate surface area is 142 Å². The lowest BCUT2D eigenvalue weighted by molar-refractivity contribution is -0.137. The van der Waals surface area contributed by atoms with E-state index >= 15 is 0 Å². The third-order valence-electron chi connectivity index (χ3n) is 2.81. The Kier molecular flexibility index (Phi) is 5.28. The highest BCUT2D eigenvalue weighted by molar-refractivity contribution is 6.45. The van der Waals surface area contributed by atoms with Gasteiger partial charge in [0, 0.05) is 16.1 Å². The van der Waals surface area contributed by atoms with E-state index < -0.39 is 29.7 Å². The topological polar surface area (TPSA) is 9.23 Å². The Bertz CT molecular complexity index is 731. The van der Waals surface area contributed by atoms with Gasteiger partial charge in [-0.3, -0.25) is 0 Å². The second kappa shape index (κ2) is 6.71. The average Bonchev–Trinajstić information content (AvgIpc) is 2.41. The summed E-state index contributed by atoms with van der Waals surface area (Å²) in [7, 11) is 0. The largest absolute Gasteiger partial charge is 0.434 e. The Hall–Kier alpha value is -1.24. The Morgan fingerprint density at radius 1 is 1.00 bits per heavy atom. The lowest BCUT2D eigenvalue weighted by Crippen LogP contribution is -2.10. The molecule has 2 rings (SSSR count). The van der Waals surface area contributed by atoms with Gasteiger partial charge in [0.05, 0.1) is 15.6 Å². The van der Waals surface area contributed by atoms with Crippen molar-refractivity contribution in [2.24, 2.45) is 0 Å². The van der Waals surface area contributed by atoms with E-state index in [1.165, 1.54) is 6.07 Å². The van der Waals surface area contributed by atoms with Crippen molar-refractivity contribution in [3.8, 4) is 16.9 Å². The van der Waals surface area contributed by atoms with Crippen LogP contribution in [0.5, 0.6) is 5.75 Å². The van der Waals surface area contributed by atoms with E-state index in [9.17, 15) is 22.0 Å². The normalized spacial score (nSPS) is 11.9. The molecule has 0 saturated heterocycles. The van der Waals surface area contributed by atoms with Crippen molar-refractivity contribution in [2.45, 2.75) is 12.8 Å². The monoisotopic (exact) mass is 390 g/mol. The Morgan fingerprint density at radius 2 is 1.65 bits per heavy atom.